The van der Waals surface area contributed by atoms with Gasteiger partial charge in [-0.05, 0) is 48.0 Å². The number of sulfone groups is 1. The van der Waals surface area contributed by atoms with E-state index in [1.807, 2.05) is 0 Å². The van der Waals surface area contributed by atoms with Gasteiger partial charge in [0.2, 0.25) is 22.0 Å². The molecule has 1 heterocycles. The first kappa shape index (κ1) is 24.3. The number of carbonyl (C=O) groups excluding carboxylic acids is 1. The molecule has 0 bridgehead atoms. The second-order valence-electron chi connectivity index (χ2n) is 7.30. The number of amides is 1. The number of nitrogens with one attached hydrogen (secondary N) is 2. The van der Waals surface area contributed by atoms with Crippen molar-refractivity contribution < 1.29 is 17.6 Å². The molecule has 1 aromatic heterocycles. The van der Waals surface area contributed by atoms with Gasteiger partial charge in [-0.1, -0.05) is 12.1 Å². The van der Waals surface area contributed by atoms with Crippen LogP contribution >= 0.6 is 0 Å². The Hall–Kier alpha value is -4.30. The van der Waals surface area contributed by atoms with Gasteiger partial charge in [0, 0.05) is 44.3 Å². The van der Waals surface area contributed by atoms with Crippen LogP contribution in [0, 0.1) is 17.3 Å². The summed E-state index contributed by atoms with van der Waals surface area (Å²) in [4.78, 5) is 20.6. The SMILES string of the molecule is CN(C)C(=O)c1cc(F)cc(S(=O)(=O)c2ccc(CNC(=NC#N)Nc3ccncc3)cc2)c1. The van der Waals surface area contributed by atoms with Crippen LogP contribution in [0.2, 0.25) is 0 Å². The molecule has 3 rings (SSSR count). The van der Waals surface area contributed by atoms with Crippen molar-refractivity contribution in [2.75, 3.05) is 19.4 Å². The van der Waals surface area contributed by atoms with Gasteiger partial charge in [0.1, 0.15) is 5.82 Å². The summed E-state index contributed by atoms with van der Waals surface area (Å²) in [5, 5.41) is 14.8. The Kier molecular flexibility index (Phi) is 7.55. The third-order valence-corrected chi connectivity index (χ3v) is 6.38. The maximum atomic E-state index is 14.1. The van der Waals surface area contributed by atoms with E-state index in [-0.39, 0.29) is 27.9 Å². The summed E-state index contributed by atoms with van der Waals surface area (Å²) >= 11 is 0. The lowest BCUT2D eigenvalue weighted by Crippen LogP contribution is -2.30. The van der Waals surface area contributed by atoms with Crippen LogP contribution in [0.5, 0.6) is 0 Å². The van der Waals surface area contributed by atoms with E-state index in [0.29, 0.717) is 11.3 Å². The molecule has 174 valence electrons. The summed E-state index contributed by atoms with van der Waals surface area (Å²) in [7, 11) is -1.07. The second-order valence-corrected chi connectivity index (χ2v) is 9.25. The van der Waals surface area contributed by atoms with E-state index in [1.54, 1.807) is 42.9 Å². The summed E-state index contributed by atoms with van der Waals surface area (Å²) in [5.74, 6) is -1.12. The molecule has 34 heavy (non-hydrogen) atoms. The van der Waals surface area contributed by atoms with E-state index in [2.05, 4.69) is 20.6 Å². The lowest BCUT2D eigenvalue weighted by atomic mass is 10.2. The Balaban J connectivity index is 1.76. The van der Waals surface area contributed by atoms with Gasteiger partial charge < -0.3 is 15.5 Å². The van der Waals surface area contributed by atoms with E-state index in [9.17, 15) is 17.6 Å². The molecule has 0 saturated carbocycles. The molecular weight excluding hydrogens is 459 g/mol. The van der Waals surface area contributed by atoms with E-state index >= 15 is 0 Å². The number of benzene rings is 2. The minimum atomic E-state index is -4.06. The smallest absolute Gasteiger partial charge is 0.253 e. The van der Waals surface area contributed by atoms with Crippen molar-refractivity contribution in [2.24, 2.45) is 4.99 Å². The zero-order valence-corrected chi connectivity index (χ0v) is 19.2. The number of aliphatic imine (C=N–C) groups is 1. The molecule has 0 unspecified atom stereocenters. The number of halogens is 1. The summed E-state index contributed by atoms with van der Waals surface area (Å²) in [6.07, 6.45) is 4.88. The molecule has 3 aromatic rings. The Morgan fingerprint density at radius 3 is 2.38 bits per heavy atom. The number of guanidine groups is 1. The van der Waals surface area contributed by atoms with Gasteiger partial charge in [-0.2, -0.15) is 5.26 Å². The first-order valence-corrected chi connectivity index (χ1v) is 11.4. The van der Waals surface area contributed by atoms with Crippen LogP contribution in [-0.4, -0.2) is 44.3 Å². The molecule has 9 nitrogen and oxygen atoms in total. The maximum Gasteiger partial charge on any atom is 0.253 e. The number of carbonyl (C=O) groups is 1. The number of hydrogen-bond donors (Lipinski definition) is 2. The molecule has 0 saturated heterocycles. The van der Waals surface area contributed by atoms with Crippen LogP contribution < -0.4 is 10.6 Å². The molecule has 0 aliphatic carbocycles. The van der Waals surface area contributed by atoms with Gasteiger partial charge in [-0.15, -0.1) is 4.99 Å². The van der Waals surface area contributed by atoms with Crippen LogP contribution in [0.3, 0.4) is 0 Å². The van der Waals surface area contributed by atoms with Gasteiger partial charge in [-0.25, -0.2) is 12.8 Å². The molecule has 0 atom stereocenters. The fourth-order valence-electron chi connectivity index (χ4n) is 2.94. The number of aromatic nitrogens is 1. The molecule has 0 fully saturated rings. The predicted octanol–water partition coefficient (Wildman–Crippen LogP) is 2.79. The lowest BCUT2D eigenvalue weighted by molar-refractivity contribution is 0.0827. The van der Waals surface area contributed by atoms with E-state index in [4.69, 9.17) is 5.26 Å². The minimum Gasteiger partial charge on any atom is -0.351 e. The zero-order chi connectivity index (χ0) is 24.7. The minimum absolute atomic E-state index is 0.0501. The van der Waals surface area contributed by atoms with Crippen LogP contribution in [0.15, 0.2) is 81.8 Å². The van der Waals surface area contributed by atoms with E-state index < -0.39 is 21.6 Å². The standard InChI is InChI=1S/C23H21FN6O3S/c1-30(2)22(31)17-11-18(24)13-21(12-17)34(32,33)20-5-3-16(4-6-20)14-27-23(28-15-25)29-19-7-9-26-10-8-19/h3-13H,14H2,1-2H3,(H2,26,27,28,29). The molecule has 0 spiro atoms. The Bertz CT molecular complexity index is 1350. The first-order valence-electron chi connectivity index (χ1n) is 9.94. The Morgan fingerprint density at radius 2 is 1.76 bits per heavy atom. The van der Waals surface area contributed by atoms with Crippen molar-refractivity contribution in [1.29, 1.82) is 5.26 Å². The van der Waals surface area contributed by atoms with Gasteiger partial charge >= 0.3 is 0 Å². The normalized spacial score (nSPS) is 11.4. The fraction of sp³-hybridized carbons (Fsp3) is 0.130. The lowest BCUT2D eigenvalue weighted by Gasteiger charge is -2.13. The predicted molar refractivity (Wildman–Crippen MR) is 124 cm³/mol. The van der Waals surface area contributed by atoms with Crippen molar-refractivity contribution in [3.63, 3.8) is 0 Å². The van der Waals surface area contributed by atoms with E-state index in [1.165, 1.54) is 31.1 Å². The highest BCUT2D eigenvalue weighted by atomic mass is 32.2. The summed E-state index contributed by atoms with van der Waals surface area (Å²) in [6, 6.07) is 12.4. The number of rotatable bonds is 6. The van der Waals surface area contributed by atoms with Crippen molar-refractivity contribution in [1.82, 2.24) is 15.2 Å². The fourth-order valence-corrected chi connectivity index (χ4v) is 4.26. The van der Waals surface area contributed by atoms with Crippen LogP contribution in [-0.2, 0) is 16.4 Å². The molecule has 0 radical (unpaired) electrons. The van der Waals surface area contributed by atoms with Crippen LogP contribution in [0.4, 0.5) is 10.1 Å². The second kappa shape index (κ2) is 10.5. The van der Waals surface area contributed by atoms with Gasteiger partial charge in [0.15, 0.2) is 0 Å². The Labute approximate surface area is 196 Å². The zero-order valence-electron chi connectivity index (χ0n) is 18.4. The monoisotopic (exact) mass is 480 g/mol. The maximum absolute atomic E-state index is 14.1. The molecular formula is C23H21FN6O3S. The van der Waals surface area contributed by atoms with Crippen molar-refractivity contribution in [2.45, 2.75) is 16.3 Å². The van der Waals surface area contributed by atoms with E-state index in [0.717, 1.165) is 18.2 Å². The highest BCUT2D eigenvalue weighted by molar-refractivity contribution is 7.91. The number of anilines is 1. The molecule has 2 aromatic carbocycles. The summed E-state index contributed by atoms with van der Waals surface area (Å²) in [5.41, 5.74) is 1.33. The molecule has 0 aliphatic rings. The van der Waals surface area contributed by atoms with Crippen molar-refractivity contribution in [3.8, 4) is 6.19 Å². The topological polar surface area (TPSA) is 128 Å². The Morgan fingerprint density at radius 1 is 1.09 bits per heavy atom. The number of pyridine rings is 1. The average Bonchev–Trinajstić information content (AvgIpc) is 2.82. The third-order valence-electron chi connectivity index (χ3n) is 4.63. The quantitative estimate of drug-likeness (QED) is 0.315. The van der Waals surface area contributed by atoms with Gasteiger partial charge in [0.05, 0.1) is 9.79 Å². The average molecular weight is 481 g/mol. The van der Waals surface area contributed by atoms with Gasteiger partial charge in [0.25, 0.3) is 5.91 Å². The number of nitrogens with zero attached hydrogens (tertiary/aromatic N) is 4. The number of hydrogen-bond acceptors (Lipinski definition) is 6. The first-order chi connectivity index (χ1) is 16.2. The molecule has 2 N–H and O–H groups in total. The number of nitriles is 1. The van der Waals surface area contributed by atoms with Crippen LogP contribution in [0.1, 0.15) is 15.9 Å². The highest BCUT2D eigenvalue weighted by Gasteiger charge is 2.21. The molecule has 0 aliphatic heterocycles. The molecule has 1 amide bonds. The third kappa shape index (κ3) is 5.93. The highest BCUT2D eigenvalue weighted by Crippen LogP contribution is 2.24. The van der Waals surface area contributed by atoms with Crippen molar-refractivity contribution >= 4 is 27.4 Å². The summed E-state index contributed by atoms with van der Waals surface area (Å²) < 4.78 is 40.1. The van der Waals surface area contributed by atoms with Gasteiger partial charge in [-0.3, -0.25) is 9.78 Å². The largest absolute Gasteiger partial charge is 0.351 e. The molecule has 11 heteroatoms. The van der Waals surface area contributed by atoms with Crippen LogP contribution in [0.25, 0.3) is 0 Å². The summed E-state index contributed by atoms with van der Waals surface area (Å²) in [6.45, 7) is 0.250. The van der Waals surface area contributed by atoms with Crippen molar-refractivity contribution in [3.05, 3.63) is 83.9 Å².